The number of aromatic nitrogens is 2. The average Bonchev–Trinajstić information content (AvgIpc) is 3.22. The van der Waals surface area contributed by atoms with Gasteiger partial charge in [0.2, 0.25) is 0 Å². The molecule has 6 rings (SSSR count). The summed E-state index contributed by atoms with van der Waals surface area (Å²) in [6, 6.07) is 19.5. The molecule has 0 radical (unpaired) electrons. The fourth-order valence-corrected chi connectivity index (χ4v) is 6.25. The number of benzene rings is 2. The highest BCUT2D eigenvalue weighted by atomic mass is 32.2. The molecule has 0 N–H and O–H groups in total. The van der Waals surface area contributed by atoms with E-state index in [2.05, 4.69) is 17.0 Å². The molecule has 39 heavy (non-hydrogen) atoms. The SMILES string of the molecule is COc1ccc(CN2C(=O)/C(=C\c3c(N4CCCc5ccccc54)nc4ccc(C)cn4c3=O)SC2=S)cc1. The molecule has 0 unspecified atom stereocenters. The molecule has 0 spiro atoms. The number of anilines is 2. The second kappa shape index (κ2) is 10.3. The summed E-state index contributed by atoms with van der Waals surface area (Å²) in [6.07, 6.45) is 5.36. The van der Waals surface area contributed by atoms with Crippen LogP contribution in [0, 0.1) is 6.92 Å². The lowest BCUT2D eigenvalue weighted by Gasteiger charge is -2.31. The predicted octanol–water partition coefficient (Wildman–Crippen LogP) is 5.50. The fraction of sp³-hybridized carbons (Fsp3) is 0.200. The van der Waals surface area contributed by atoms with E-state index in [1.54, 1.807) is 28.7 Å². The van der Waals surface area contributed by atoms with E-state index >= 15 is 0 Å². The Balaban J connectivity index is 1.44. The largest absolute Gasteiger partial charge is 0.497 e. The third-order valence-electron chi connectivity index (χ3n) is 7.00. The Morgan fingerprint density at radius 2 is 1.87 bits per heavy atom. The van der Waals surface area contributed by atoms with Crippen molar-refractivity contribution in [3.8, 4) is 5.75 Å². The number of thioether (sulfide) groups is 1. The number of methoxy groups -OCH3 is 1. The predicted molar refractivity (Wildman–Crippen MR) is 160 cm³/mol. The third-order valence-corrected chi connectivity index (χ3v) is 8.38. The number of pyridine rings is 1. The number of carbonyl (C=O) groups excluding carboxylic acids is 1. The molecule has 2 aromatic heterocycles. The van der Waals surface area contributed by atoms with Gasteiger partial charge in [-0.1, -0.05) is 60.4 Å². The molecule has 0 aliphatic carbocycles. The quantitative estimate of drug-likeness (QED) is 0.239. The van der Waals surface area contributed by atoms with E-state index in [0.717, 1.165) is 42.0 Å². The summed E-state index contributed by atoms with van der Waals surface area (Å²) in [5.74, 6) is 1.08. The van der Waals surface area contributed by atoms with Gasteiger partial charge in [-0.25, -0.2) is 4.98 Å². The Labute approximate surface area is 235 Å². The van der Waals surface area contributed by atoms with Crippen molar-refractivity contribution in [1.82, 2.24) is 14.3 Å². The number of nitrogens with zero attached hydrogens (tertiary/aromatic N) is 4. The molecule has 0 atom stereocenters. The van der Waals surface area contributed by atoms with Crippen molar-refractivity contribution in [3.05, 3.63) is 104 Å². The van der Waals surface area contributed by atoms with Crippen molar-refractivity contribution in [2.75, 3.05) is 18.6 Å². The minimum atomic E-state index is -0.223. The number of rotatable bonds is 5. The second-order valence-corrected chi connectivity index (χ2v) is 11.3. The summed E-state index contributed by atoms with van der Waals surface area (Å²) in [5.41, 5.74) is 4.84. The van der Waals surface area contributed by atoms with Crippen molar-refractivity contribution in [3.63, 3.8) is 0 Å². The number of fused-ring (bicyclic) bond motifs is 2. The van der Waals surface area contributed by atoms with Gasteiger partial charge in [0, 0.05) is 18.4 Å². The van der Waals surface area contributed by atoms with E-state index in [1.165, 1.54) is 17.3 Å². The summed E-state index contributed by atoms with van der Waals surface area (Å²) in [4.78, 5) is 36.5. The van der Waals surface area contributed by atoms with E-state index in [0.29, 0.717) is 32.8 Å². The molecular weight excluding hydrogens is 528 g/mol. The summed E-state index contributed by atoms with van der Waals surface area (Å²) < 4.78 is 7.25. The first-order valence-electron chi connectivity index (χ1n) is 12.7. The first-order valence-corrected chi connectivity index (χ1v) is 13.9. The number of para-hydroxylation sites is 1. The normalized spacial score (nSPS) is 16.3. The minimum absolute atomic E-state index is 0.220. The summed E-state index contributed by atoms with van der Waals surface area (Å²) in [7, 11) is 1.62. The number of hydrogen-bond acceptors (Lipinski definition) is 7. The maximum atomic E-state index is 13.9. The van der Waals surface area contributed by atoms with Crippen LogP contribution in [0.3, 0.4) is 0 Å². The van der Waals surface area contributed by atoms with E-state index in [1.807, 2.05) is 55.5 Å². The van der Waals surface area contributed by atoms with Crippen LogP contribution in [0.2, 0.25) is 0 Å². The molecule has 1 fully saturated rings. The summed E-state index contributed by atoms with van der Waals surface area (Å²) >= 11 is 6.80. The van der Waals surface area contributed by atoms with Gasteiger partial charge in [0.25, 0.3) is 11.5 Å². The van der Waals surface area contributed by atoms with E-state index in [4.69, 9.17) is 21.9 Å². The molecule has 196 valence electrons. The van der Waals surface area contributed by atoms with Crippen molar-refractivity contribution >= 4 is 57.4 Å². The van der Waals surface area contributed by atoms with Crippen molar-refractivity contribution in [1.29, 1.82) is 0 Å². The van der Waals surface area contributed by atoms with Crippen molar-refractivity contribution in [2.24, 2.45) is 0 Å². The van der Waals surface area contributed by atoms with Crippen LogP contribution in [0.25, 0.3) is 11.7 Å². The maximum absolute atomic E-state index is 13.9. The van der Waals surface area contributed by atoms with Crippen molar-refractivity contribution < 1.29 is 9.53 Å². The van der Waals surface area contributed by atoms with Crippen LogP contribution in [0.15, 0.2) is 76.6 Å². The van der Waals surface area contributed by atoms with E-state index in [-0.39, 0.29) is 11.5 Å². The highest BCUT2D eigenvalue weighted by Gasteiger charge is 2.33. The van der Waals surface area contributed by atoms with Crippen LogP contribution in [-0.4, -0.2) is 38.2 Å². The Bertz CT molecular complexity index is 1710. The maximum Gasteiger partial charge on any atom is 0.267 e. The first kappa shape index (κ1) is 25.3. The Hall–Kier alpha value is -3.95. The highest BCUT2D eigenvalue weighted by Crippen LogP contribution is 2.37. The summed E-state index contributed by atoms with van der Waals surface area (Å²) in [5, 5.41) is 0. The van der Waals surface area contributed by atoms with E-state index in [9.17, 15) is 9.59 Å². The van der Waals surface area contributed by atoms with Gasteiger partial charge in [-0.2, -0.15) is 0 Å². The first-order chi connectivity index (χ1) is 18.9. The van der Waals surface area contributed by atoms with Gasteiger partial charge in [0.1, 0.15) is 21.5 Å². The van der Waals surface area contributed by atoms with Gasteiger partial charge in [0.15, 0.2) is 0 Å². The smallest absolute Gasteiger partial charge is 0.267 e. The summed E-state index contributed by atoms with van der Waals surface area (Å²) in [6.45, 7) is 3.00. The van der Waals surface area contributed by atoms with Crippen LogP contribution in [-0.2, 0) is 17.8 Å². The van der Waals surface area contributed by atoms with Gasteiger partial charge < -0.3 is 9.64 Å². The standard InChI is InChI=1S/C30H26N4O3S2/c1-19-9-14-26-31-27(32-15-5-7-21-6-3-4-8-24(21)32)23(28(35)33(26)17-19)16-25-29(36)34(30(38)39-25)18-20-10-12-22(37-2)13-11-20/h3-4,6,8-14,16-17H,5,7,15,18H2,1-2H3/b25-16+. The molecule has 7 nitrogen and oxygen atoms in total. The molecule has 2 aromatic carbocycles. The number of amides is 1. The zero-order chi connectivity index (χ0) is 27.1. The zero-order valence-corrected chi connectivity index (χ0v) is 23.2. The van der Waals surface area contributed by atoms with Crippen LogP contribution >= 0.6 is 24.0 Å². The van der Waals surface area contributed by atoms with Gasteiger partial charge in [0.05, 0.1) is 24.1 Å². The lowest BCUT2D eigenvalue weighted by atomic mass is 10.0. The molecular formula is C30H26N4O3S2. The average molecular weight is 555 g/mol. The van der Waals surface area contributed by atoms with Crippen LogP contribution in [0.4, 0.5) is 11.5 Å². The fourth-order valence-electron chi connectivity index (χ4n) is 5.01. The molecule has 4 heterocycles. The van der Waals surface area contributed by atoms with Crippen LogP contribution in [0.5, 0.6) is 5.75 Å². The van der Waals surface area contributed by atoms with Gasteiger partial charge in [-0.15, -0.1) is 0 Å². The molecule has 2 aliphatic heterocycles. The van der Waals surface area contributed by atoms with Gasteiger partial charge in [-0.05, 0) is 66.8 Å². The molecule has 1 saturated heterocycles. The molecule has 2 aliphatic rings. The Morgan fingerprint density at radius 1 is 1.08 bits per heavy atom. The monoisotopic (exact) mass is 554 g/mol. The molecule has 9 heteroatoms. The van der Waals surface area contributed by atoms with E-state index < -0.39 is 0 Å². The molecule has 0 bridgehead atoms. The topological polar surface area (TPSA) is 67.2 Å². The zero-order valence-electron chi connectivity index (χ0n) is 21.6. The number of ether oxygens (including phenoxy) is 1. The number of hydrogen-bond donors (Lipinski definition) is 0. The Morgan fingerprint density at radius 3 is 2.67 bits per heavy atom. The molecule has 4 aromatic rings. The van der Waals surface area contributed by atoms with Gasteiger partial charge >= 0.3 is 0 Å². The van der Waals surface area contributed by atoms with Crippen LogP contribution < -0.4 is 15.2 Å². The number of thiocarbonyl (C=S) groups is 1. The minimum Gasteiger partial charge on any atom is -0.497 e. The number of carbonyl (C=O) groups is 1. The second-order valence-electron chi connectivity index (χ2n) is 9.59. The Kier molecular flexibility index (Phi) is 6.70. The molecule has 0 saturated carbocycles. The lowest BCUT2D eigenvalue weighted by Crippen LogP contribution is -2.30. The van der Waals surface area contributed by atoms with Crippen molar-refractivity contribution in [2.45, 2.75) is 26.3 Å². The molecule has 1 amide bonds. The highest BCUT2D eigenvalue weighted by molar-refractivity contribution is 8.26. The number of aryl methyl sites for hydroxylation is 2. The third kappa shape index (κ3) is 4.72. The van der Waals surface area contributed by atoms with Crippen LogP contribution in [0.1, 0.15) is 28.7 Å². The van der Waals surface area contributed by atoms with Gasteiger partial charge in [-0.3, -0.25) is 18.9 Å². The lowest BCUT2D eigenvalue weighted by molar-refractivity contribution is -0.122.